The summed E-state index contributed by atoms with van der Waals surface area (Å²) in [6, 6.07) is 5.02. The van der Waals surface area contributed by atoms with Gasteiger partial charge in [0, 0.05) is 32.7 Å². The van der Waals surface area contributed by atoms with Crippen molar-refractivity contribution in [3.05, 3.63) is 29.6 Å². The van der Waals surface area contributed by atoms with Gasteiger partial charge in [0.15, 0.2) is 17.5 Å². The van der Waals surface area contributed by atoms with Gasteiger partial charge in [-0.3, -0.25) is 4.99 Å². The van der Waals surface area contributed by atoms with Crippen LogP contribution < -0.4 is 15.4 Å². The smallest absolute Gasteiger partial charge is 0.213 e. The number of aliphatic imine (C=N–C) groups is 1. The van der Waals surface area contributed by atoms with Gasteiger partial charge in [-0.05, 0) is 44.4 Å². The zero-order valence-corrected chi connectivity index (χ0v) is 19.7. The highest BCUT2D eigenvalue weighted by atomic mass is 127. The van der Waals surface area contributed by atoms with Gasteiger partial charge in [-0.2, -0.15) is 0 Å². The SMILES string of the molecule is CCOc1ccc(CNC(=NC)NC2CCN(S(=O)(=O)CC)CC2)cc1F.I. The largest absolute Gasteiger partial charge is 0.491 e. The Hall–Kier alpha value is -1.14. The summed E-state index contributed by atoms with van der Waals surface area (Å²) in [7, 11) is -1.45. The van der Waals surface area contributed by atoms with E-state index in [2.05, 4.69) is 15.6 Å². The predicted molar refractivity (Wildman–Crippen MR) is 120 cm³/mol. The first kappa shape index (κ1) is 24.9. The van der Waals surface area contributed by atoms with Gasteiger partial charge in [0.2, 0.25) is 10.0 Å². The first-order valence-corrected chi connectivity index (χ1v) is 10.9. The number of guanidine groups is 1. The second-order valence-electron chi connectivity index (χ2n) is 6.34. The van der Waals surface area contributed by atoms with Crippen LogP contribution in [0.3, 0.4) is 0 Å². The van der Waals surface area contributed by atoms with Crippen molar-refractivity contribution < 1.29 is 17.5 Å². The third kappa shape index (κ3) is 7.03. The molecule has 0 amide bonds. The maximum atomic E-state index is 13.9. The van der Waals surface area contributed by atoms with E-state index in [-0.39, 0.29) is 47.3 Å². The summed E-state index contributed by atoms with van der Waals surface area (Å²) in [6.45, 7) is 5.33. The molecule has 1 fully saturated rings. The summed E-state index contributed by atoms with van der Waals surface area (Å²) in [5, 5.41) is 6.48. The minimum atomic E-state index is -3.12. The number of rotatable bonds is 7. The van der Waals surface area contributed by atoms with Crippen molar-refractivity contribution in [3.8, 4) is 5.75 Å². The quantitative estimate of drug-likeness (QED) is 0.323. The monoisotopic (exact) mass is 528 g/mol. The molecule has 2 N–H and O–H groups in total. The molecule has 7 nitrogen and oxygen atoms in total. The van der Waals surface area contributed by atoms with Crippen LogP contribution in [0.15, 0.2) is 23.2 Å². The van der Waals surface area contributed by atoms with Gasteiger partial charge in [0.05, 0.1) is 12.4 Å². The molecule has 1 aliphatic heterocycles. The normalized spacial score (nSPS) is 16.4. The van der Waals surface area contributed by atoms with Crippen molar-refractivity contribution in [2.75, 3.05) is 32.5 Å². The molecule has 28 heavy (non-hydrogen) atoms. The first-order valence-electron chi connectivity index (χ1n) is 9.25. The van der Waals surface area contributed by atoms with E-state index in [0.717, 1.165) is 18.4 Å². The van der Waals surface area contributed by atoms with Crippen LogP contribution in [0.1, 0.15) is 32.3 Å². The lowest BCUT2D eigenvalue weighted by atomic mass is 10.1. The highest BCUT2D eigenvalue weighted by Gasteiger charge is 2.26. The van der Waals surface area contributed by atoms with E-state index < -0.39 is 10.0 Å². The third-order valence-electron chi connectivity index (χ3n) is 4.53. The highest BCUT2D eigenvalue weighted by molar-refractivity contribution is 14.0. The van der Waals surface area contributed by atoms with Gasteiger partial charge >= 0.3 is 0 Å². The van der Waals surface area contributed by atoms with Crippen molar-refractivity contribution in [1.29, 1.82) is 0 Å². The molecule has 1 saturated heterocycles. The Morgan fingerprint density at radius 3 is 2.54 bits per heavy atom. The van der Waals surface area contributed by atoms with Gasteiger partial charge in [0.25, 0.3) is 0 Å². The number of halogens is 2. The maximum absolute atomic E-state index is 13.9. The van der Waals surface area contributed by atoms with E-state index in [1.807, 2.05) is 13.0 Å². The number of ether oxygens (including phenoxy) is 1. The lowest BCUT2D eigenvalue weighted by Gasteiger charge is -2.32. The van der Waals surface area contributed by atoms with Crippen molar-refractivity contribution in [1.82, 2.24) is 14.9 Å². The lowest BCUT2D eigenvalue weighted by Crippen LogP contribution is -2.49. The van der Waals surface area contributed by atoms with Crippen LogP contribution in [0.25, 0.3) is 0 Å². The highest BCUT2D eigenvalue weighted by Crippen LogP contribution is 2.18. The number of nitrogens with one attached hydrogen (secondary N) is 2. The topological polar surface area (TPSA) is 83.0 Å². The van der Waals surface area contributed by atoms with E-state index in [1.54, 1.807) is 24.3 Å². The second kappa shape index (κ2) is 11.8. The molecule has 1 aromatic carbocycles. The number of nitrogens with zero attached hydrogens (tertiary/aromatic N) is 2. The van der Waals surface area contributed by atoms with E-state index in [9.17, 15) is 12.8 Å². The predicted octanol–water partition coefficient (Wildman–Crippen LogP) is 2.32. The fourth-order valence-corrected chi connectivity index (χ4v) is 4.09. The third-order valence-corrected chi connectivity index (χ3v) is 6.41. The molecule has 0 aromatic heterocycles. The van der Waals surface area contributed by atoms with E-state index >= 15 is 0 Å². The molecule has 1 heterocycles. The summed E-state index contributed by atoms with van der Waals surface area (Å²) in [5.41, 5.74) is 0.780. The Morgan fingerprint density at radius 1 is 1.32 bits per heavy atom. The Balaban J connectivity index is 0.00000392. The molecule has 0 unspecified atom stereocenters. The van der Waals surface area contributed by atoms with Crippen LogP contribution in [0, 0.1) is 5.82 Å². The van der Waals surface area contributed by atoms with Gasteiger partial charge in [-0.1, -0.05) is 6.07 Å². The summed E-state index contributed by atoms with van der Waals surface area (Å²) in [5.74, 6) is 0.606. The minimum absolute atomic E-state index is 0. The molecule has 0 spiro atoms. The summed E-state index contributed by atoms with van der Waals surface area (Å²) in [6.07, 6.45) is 1.44. The van der Waals surface area contributed by atoms with E-state index in [1.165, 1.54) is 6.07 Å². The fourth-order valence-electron chi connectivity index (χ4n) is 2.96. The minimum Gasteiger partial charge on any atom is -0.491 e. The van der Waals surface area contributed by atoms with Gasteiger partial charge in [0.1, 0.15) is 0 Å². The standard InChI is InChI=1S/C18H29FN4O3S.HI/c1-4-26-17-7-6-14(12-16(17)19)13-21-18(20-3)22-15-8-10-23(11-9-15)27(24,25)5-2;/h6-7,12,15H,4-5,8-11,13H2,1-3H3,(H2,20,21,22);1H. The number of hydrogen-bond acceptors (Lipinski definition) is 4. The summed E-state index contributed by atoms with van der Waals surface area (Å²) >= 11 is 0. The molecule has 1 aromatic rings. The number of benzene rings is 1. The lowest BCUT2D eigenvalue weighted by molar-refractivity contribution is 0.306. The molecule has 10 heteroatoms. The van der Waals surface area contributed by atoms with Crippen LogP contribution in [0.4, 0.5) is 4.39 Å². The molecule has 0 bridgehead atoms. The number of sulfonamides is 1. The average molecular weight is 528 g/mol. The van der Waals surface area contributed by atoms with Gasteiger partial charge < -0.3 is 15.4 Å². The Bertz CT molecular complexity index is 753. The molecule has 2 rings (SSSR count). The molecule has 1 aliphatic rings. The van der Waals surface area contributed by atoms with E-state index in [4.69, 9.17) is 4.74 Å². The second-order valence-corrected chi connectivity index (χ2v) is 8.60. The molecular formula is C18H30FIN4O3S. The number of piperidine rings is 1. The molecule has 0 aliphatic carbocycles. The molecule has 0 radical (unpaired) electrons. The Morgan fingerprint density at radius 2 is 2.00 bits per heavy atom. The zero-order chi connectivity index (χ0) is 19.9. The van der Waals surface area contributed by atoms with E-state index in [0.29, 0.717) is 32.2 Å². The van der Waals surface area contributed by atoms with Crippen molar-refractivity contribution in [2.24, 2.45) is 4.99 Å². The number of hydrogen-bond donors (Lipinski definition) is 2. The van der Waals surface area contributed by atoms with Crippen LogP contribution in [0.5, 0.6) is 5.75 Å². The Kier molecular flexibility index (Phi) is 10.5. The average Bonchev–Trinajstić information content (AvgIpc) is 2.67. The fraction of sp³-hybridized carbons (Fsp3) is 0.611. The molecule has 0 atom stereocenters. The summed E-state index contributed by atoms with van der Waals surface area (Å²) < 4.78 is 44.5. The molecular weight excluding hydrogens is 498 g/mol. The van der Waals surface area contributed by atoms with Crippen LogP contribution in [0.2, 0.25) is 0 Å². The Labute approximate surface area is 184 Å². The van der Waals surface area contributed by atoms with Gasteiger partial charge in [-0.15, -0.1) is 24.0 Å². The zero-order valence-electron chi connectivity index (χ0n) is 16.6. The van der Waals surface area contributed by atoms with Crippen molar-refractivity contribution in [3.63, 3.8) is 0 Å². The van der Waals surface area contributed by atoms with Gasteiger partial charge in [-0.25, -0.2) is 17.1 Å². The molecule has 160 valence electrons. The molecule has 0 saturated carbocycles. The van der Waals surface area contributed by atoms with Crippen LogP contribution >= 0.6 is 24.0 Å². The van der Waals surface area contributed by atoms with Crippen molar-refractivity contribution >= 4 is 40.0 Å². The maximum Gasteiger partial charge on any atom is 0.213 e. The van der Waals surface area contributed by atoms with Crippen LogP contribution in [-0.2, 0) is 16.6 Å². The van der Waals surface area contributed by atoms with Crippen LogP contribution in [-0.4, -0.2) is 57.2 Å². The summed E-state index contributed by atoms with van der Waals surface area (Å²) in [4.78, 5) is 4.19. The first-order chi connectivity index (χ1) is 12.9. The van der Waals surface area contributed by atoms with Crippen molar-refractivity contribution in [2.45, 2.75) is 39.3 Å².